The van der Waals surface area contributed by atoms with E-state index in [2.05, 4.69) is 108 Å². The van der Waals surface area contributed by atoms with Crippen LogP contribution in [0.3, 0.4) is 0 Å². The van der Waals surface area contributed by atoms with Crippen molar-refractivity contribution in [3.63, 3.8) is 0 Å². The molecule has 0 aliphatic carbocycles. The Morgan fingerprint density at radius 2 is 1.27 bits per heavy atom. The summed E-state index contributed by atoms with van der Waals surface area (Å²) >= 11 is 1.85. The summed E-state index contributed by atoms with van der Waals surface area (Å²) in [6.07, 6.45) is 0. The van der Waals surface area contributed by atoms with E-state index < -0.39 is 0 Å². The van der Waals surface area contributed by atoms with Crippen molar-refractivity contribution in [1.29, 1.82) is 0 Å². The first-order valence-electron chi connectivity index (χ1n) is 15.0. The third kappa shape index (κ3) is 3.59. The lowest BCUT2D eigenvalue weighted by Crippen LogP contribution is -2.00. The van der Waals surface area contributed by atoms with Crippen molar-refractivity contribution in [1.82, 2.24) is 14.5 Å². The van der Waals surface area contributed by atoms with Crippen LogP contribution in [0.5, 0.6) is 0 Å². The predicted molar refractivity (Wildman–Crippen MR) is 187 cm³/mol. The van der Waals surface area contributed by atoms with Gasteiger partial charge in [0.25, 0.3) is 0 Å². The molecule has 0 aliphatic heterocycles. The van der Waals surface area contributed by atoms with E-state index in [1.54, 1.807) is 0 Å². The highest BCUT2D eigenvalue weighted by atomic mass is 32.1. The number of benzene rings is 6. The number of hydrogen-bond acceptors (Lipinski definition) is 4. The third-order valence-electron chi connectivity index (χ3n) is 8.82. The molecular weight excluding hydrogens is 571 g/mol. The second-order valence-corrected chi connectivity index (χ2v) is 12.5. The number of nitrogens with zero attached hydrogens (tertiary/aromatic N) is 3. The molecule has 4 nitrogen and oxygen atoms in total. The lowest BCUT2D eigenvalue weighted by Gasteiger charge is -2.14. The molecule has 0 fully saturated rings. The largest absolute Gasteiger partial charge is 0.452 e. The smallest absolute Gasteiger partial charge is 0.180 e. The average Bonchev–Trinajstić information content (AvgIpc) is 3.76. The van der Waals surface area contributed by atoms with Gasteiger partial charge < -0.3 is 8.98 Å². The van der Waals surface area contributed by atoms with Gasteiger partial charge in [-0.15, -0.1) is 11.3 Å². The number of para-hydroxylation sites is 3. The minimum absolute atomic E-state index is 0.675. The molecule has 210 valence electrons. The Morgan fingerprint density at radius 1 is 0.533 bits per heavy atom. The molecule has 10 aromatic rings. The van der Waals surface area contributed by atoms with Crippen LogP contribution in [0.1, 0.15) is 0 Å². The van der Waals surface area contributed by atoms with Crippen molar-refractivity contribution in [3.05, 3.63) is 140 Å². The van der Waals surface area contributed by atoms with Crippen LogP contribution in [0.25, 0.3) is 92.4 Å². The van der Waals surface area contributed by atoms with Crippen LogP contribution in [-0.4, -0.2) is 14.5 Å². The zero-order valence-corrected chi connectivity index (χ0v) is 24.8. The fraction of sp³-hybridized carbons (Fsp3) is 0. The molecule has 0 saturated carbocycles. The molecule has 4 aromatic heterocycles. The maximum atomic E-state index is 6.53. The summed E-state index contributed by atoms with van der Waals surface area (Å²) in [4.78, 5) is 10.3. The lowest BCUT2D eigenvalue weighted by molar-refractivity contribution is 0.667. The Balaban J connectivity index is 1.32. The fourth-order valence-corrected chi connectivity index (χ4v) is 7.93. The van der Waals surface area contributed by atoms with Gasteiger partial charge in [-0.25, -0.2) is 9.97 Å². The molecule has 0 bridgehead atoms. The van der Waals surface area contributed by atoms with Crippen molar-refractivity contribution in [2.45, 2.75) is 0 Å². The summed E-state index contributed by atoms with van der Waals surface area (Å²) in [6, 6.07) is 48.9. The maximum Gasteiger partial charge on any atom is 0.180 e. The minimum Gasteiger partial charge on any atom is -0.452 e. The lowest BCUT2D eigenvalue weighted by atomic mass is 10.1. The molecule has 0 saturated heterocycles. The number of fused-ring (bicyclic) bond motifs is 9. The first-order valence-corrected chi connectivity index (χ1v) is 15.8. The van der Waals surface area contributed by atoms with Crippen LogP contribution in [0.15, 0.2) is 144 Å². The second-order valence-electron chi connectivity index (χ2n) is 11.4. The van der Waals surface area contributed by atoms with Crippen molar-refractivity contribution < 1.29 is 4.42 Å². The van der Waals surface area contributed by atoms with Gasteiger partial charge in [0.2, 0.25) is 0 Å². The van der Waals surface area contributed by atoms with E-state index in [0.717, 1.165) is 44.5 Å². The van der Waals surface area contributed by atoms with Gasteiger partial charge >= 0.3 is 0 Å². The zero-order valence-electron chi connectivity index (χ0n) is 23.9. The van der Waals surface area contributed by atoms with Crippen LogP contribution in [0.2, 0.25) is 0 Å². The Kier molecular flexibility index (Phi) is 5.12. The molecule has 0 radical (unpaired) electrons. The number of rotatable bonds is 3. The summed E-state index contributed by atoms with van der Waals surface area (Å²) in [6.45, 7) is 0. The normalized spacial score (nSPS) is 12.0. The van der Waals surface area contributed by atoms with E-state index in [4.69, 9.17) is 14.4 Å². The van der Waals surface area contributed by atoms with Gasteiger partial charge in [0, 0.05) is 47.5 Å². The SMILES string of the molecule is c1ccc(-c2nc(-c3ccccc3-n3c4ccccc4c4cc5c(cc43)sc3ccccc35)c3oc4ccccc4c3n2)cc1. The highest BCUT2D eigenvalue weighted by Gasteiger charge is 2.22. The number of thiophene rings is 1. The van der Waals surface area contributed by atoms with Crippen molar-refractivity contribution in [2.75, 3.05) is 0 Å². The number of furan rings is 1. The van der Waals surface area contributed by atoms with Crippen molar-refractivity contribution >= 4 is 75.4 Å². The summed E-state index contributed by atoms with van der Waals surface area (Å²) < 4.78 is 11.5. The molecule has 4 heterocycles. The standard InChI is InChI=1S/C40H23N3OS/c1-2-12-24(13-3-1)40-41-37(39-38(42-40)28-17-6-10-20-34(28)44-39)27-16-5-9-19-32(27)43-31-18-8-4-14-25(31)29-22-30-26-15-7-11-21-35(26)45-36(30)23-33(29)43/h1-23H. The molecule has 0 unspecified atom stereocenters. The molecule has 45 heavy (non-hydrogen) atoms. The van der Waals surface area contributed by atoms with E-state index in [1.807, 2.05) is 47.7 Å². The molecule has 0 aliphatic rings. The van der Waals surface area contributed by atoms with Crippen LogP contribution >= 0.6 is 11.3 Å². The second kappa shape index (κ2) is 9.36. The van der Waals surface area contributed by atoms with Crippen molar-refractivity contribution in [3.8, 4) is 28.3 Å². The summed E-state index contributed by atoms with van der Waals surface area (Å²) in [7, 11) is 0. The van der Waals surface area contributed by atoms with Crippen LogP contribution in [-0.2, 0) is 0 Å². The molecule has 5 heteroatoms. The number of aromatic nitrogens is 3. The van der Waals surface area contributed by atoms with E-state index in [-0.39, 0.29) is 0 Å². The molecule has 0 N–H and O–H groups in total. The van der Waals surface area contributed by atoms with Gasteiger partial charge in [0.1, 0.15) is 16.8 Å². The summed E-state index contributed by atoms with van der Waals surface area (Å²) in [5.74, 6) is 0.675. The Bertz CT molecular complexity index is 2770. The van der Waals surface area contributed by atoms with Gasteiger partial charge in [-0.2, -0.15) is 0 Å². The maximum absolute atomic E-state index is 6.53. The van der Waals surface area contributed by atoms with Gasteiger partial charge in [0.05, 0.1) is 16.7 Å². The molecule has 0 atom stereocenters. The van der Waals surface area contributed by atoms with Gasteiger partial charge in [-0.05, 0) is 42.5 Å². The van der Waals surface area contributed by atoms with E-state index in [1.165, 1.54) is 36.5 Å². The summed E-state index contributed by atoms with van der Waals surface area (Å²) in [5.41, 5.74) is 8.40. The molecule has 0 amide bonds. The first-order chi connectivity index (χ1) is 22.3. The van der Waals surface area contributed by atoms with E-state index >= 15 is 0 Å². The molecule has 6 aromatic carbocycles. The Hall–Kier alpha value is -5.78. The monoisotopic (exact) mass is 593 g/mol. The van der Waals surface area contributed by atoms with Crippen molar-refractivity contribution in [2.24, 2.45) is 0 Å². The minimum atomic E-state index is 0.675. The third-order valence-corrected chi connectivity index (χ3v) is 9.96. The van der Waals surface area contributed by atoms with Gasteiger partial charge in [-0.1, -0.05) is 97.1 Å². The quantitative estimate of drug-likeness (QED) is 0.205. The highest BCUT2D eigenvalue weighted by molar-refractivity contribution is 7.25. The van der Waals surface area contributed by atoms with Crippen LogP contribution in [0.4, 0.5) is 0 Å². The van der Waals surface area contributed by atoms with Gasteiger partial charge in [-0.3, -0.25) is 0 Å². The Labute approximate surface area is 261 Å². The fourth-order valence-electron chi connectivity index (χ4n) is 6.81. The first kappa shape index (κ1) is 24.6. The van der Waals surface area contributed by atoms with E-state index in [0.29, 0.717) is 11.4 Å². The molecule has 10 rings (SSSR count). The van der Waals surface area contributed by atoms with Crippen LogP contribution in [0, 0.1) is 0 Å². The average molecular weight is 594 g/mol. The summed E-state index contributed by atoms with van der Waals surface area (Å²) in [5, 5.41) is 6.04. The molecular formula is C40H23N3OS. The number of hydrogen-bond donors (Lipinski definition) is 0. The highest BCUT2D eigenvalue weighted by Crippen LogP contribution is 2.43. The topological polar surface area (TPSA) is 43.9 Å². The van der Waals surface area contributed by atoms with E-state index in [9.17, 15) is 0 Å². The molecule has 0 spiro atoms. The van der Waals surface area contributed by atoms with Crippen LogP contribution < -0.4 is 0 Å². The van der Waals surface area contributed by atoms with Gasteiger partial charge in [0.15, 0.2) is 11.4 Å². The predicted octanol–water partition coefficient (Wildman–Crippen LogP) is 11.2. The zero-order chi connectivity index (χ0) is 29.5. The Morgan fingerprint density at radius 3 is 2.18 bits per heavy atom.